The Hall–Kier alpha value is -2.24. The molecule has 1 aliphatic rings. The highest BCUT2D eigenvalue weighted by atomic mass is 35.5. The maximum atomic E-state index is 12.8. The molecule has 1 heterocycles. The predicted molar refractivity (Wildman–Crippen MR) is 107 cm³/mol. The van der Waals surface area contributed by atoms with Gasteiger partial charge >= 0.3 is 0 Å². The molecule has 0 aliphatic carbocycles. The number of benzene rings is 2. The van der Waals surface area contributed by atoms with E-state index in [4.69, 9.17) is 21.1 Å². The molecular formula is C21H25ClN2O3. The van der Waals surface area contributed by atoms with E-state index in [9.17, 15) is 4.79 Å². The first-order chi connectivity index (χ1) is 13.1. The summed E-state index contributed by atoms with van der Waals surface area (Å²) in [6.45, 7) is 2.29. The summed E-state index contributed by atoms with van der Waals surface area (Å²) in [5, 5.41) is 4.01. The minimum atomic E-state index is 0.00412. The molecule has 5 nitrogen and oxygen atoms in total. The fourth-order valence-electron chi connectivity index (χ4n) is 3.23. The molecule has 2 aromatic carbocycles. The van der Waals surface area contributed by atoms with Crippen LogP contribution in [0.15, 0.2) is 42.5 Å². The van der Waals surface area contributed by atoms with Crippen LogP contribution >= 0.6 is 11.6 Å². The van der Waals surface area contributed by atoms with E-state index in [1.54, 1.807) is 25.3 Å². The smallest absolute Gasteiger partial charge is 0.253 e. The van der Waals surface area contributed by atoms with Gasteiger partial charge in [0.05, 0.1) is 7.11 Å². The molecule has 1 saturated heterocycles. The molecule has 0 spiro atoms. The number of hydrogen-bond donors (Lipinski definition) is 1. The number of ether oxygens (including phenoxy) is 2. The van der Waals surface area contributed by atoms with Gasteiger partial charge in [-0.05, 0) is 61.8 Å². The number of halogens is 1. The molecular weight excluding hydrogens is 364 g/mol. The number of piperidine rings is 1. The summed E-state index contributed by atoms with van der Waals surface area (Å²) < 4.78 is 11.3. The Morgan fingerprint density at radius 2 is 1.85 bits per heavy atom. The second kappa shape index (κ2) is 9.11. The lowest BCUT2D eigenvalue weighted by Gasteiger charge is -2.31. The number of rotatable bonds is 6. The first-order valence-corrected chi connectivity index (χ1v) is 9.49. The highest BCUT2D eigenvalue weighted by Gasteiger charge is 2.23. The third kappa shape index (κ3) is 4.93. The zero-order valence-electron chi connectivity index (χ0n) is 15.7. The largest absolute Gasteiger partial charge is 0.493 e. The van der Waals surface area contributed by atoms with E-state index < -0.39 is 0 Å². The van der Waals surface area contributed by atoms with Crippen LogP contribution in [0.2, 0.25) is 5.02 Å². The van der Waals surface area contributed by atoms with Gasteiger partial charge in [0, 0.05) is 23.7 Å². The van der Waals surface area contributed by atoms with Gasteiger partial charge in [0.1, 0.15) is 6.61 Å². The van der Waals surface area contributed by atoms with Gasteiger partial charge in [0.2, 0.25) is 0 Å². The summed E-state index contributed by atoms with van der Waals surface area (Å²) in [4.78, 5) is 14.7. The number of nitrogens with zero attached hydrogens (tertiary/aromatic N) is 1. The zero-order valence-corrected chi connectivity index (χ0v) is 16.5. The van der Waals surface area contributed by atoms with E-state index in [0.29, 0.717) is 28.7 Å². The monoisotopic (exact) mass is 388 g/mol. The first-order valence-electron chi connectivity index (χ1n) is 9.11. The lowest BCUT2D eigenvalue weighted by molar-refractivity contribution is 0.0703. The van der Waals surface area contributed by atoms with Gasteiger partial charge < -0.3 is 19.7 Å². The molecule has 3 rings (SSSR count). The number of methoxy groups -OCH3 is 1. The summed E-state index contributed by atoms with van der Waals surface area (Å²) in [5.74, 6) is 1.16. The minimum absolute atomic E-state index is 0.00412. The van der Waals surface area contributed by atoms with Crippen LogP contribution in [0.5, 0.6) is 11.5 Å². The maximum absolute atomic E-state index is 12.8. The molecule has 0 bridgehead atoms. The Kier molecular flexibility index (Phi) is 6.58. The van der Waals surface area contributed by atoms with E-state index >= 15 is 0 Å². The number of amides is 1. The van der Waals surface area contributed by atoms with Crippen molar-refractivity contribution < 1.29 is 14.3 Å². The van der Waals surface area contributed by atoms with Crippen LogP contribution in [0.25, 0.3) is 0 Å². The van der Waals surface area contributed by atoms with Gasteiger partial charge in [-0.1, -0.05) is 23.7 Å². The quantitative estimate of drug-likeness (QED) is 0.818. The Bertz CT molecular complexity index is 773. The van der Waals surface area contributed by atoms with Crippen LogP contribution in [0.4, 0.5) is 0 Å². The van der Waals surface area contributed by atoms with Crippen LogP contribution in [0, 0.1) is 0 Å². The van der Waals surface area contributed by atoms with Crippen LogP contribution in [-0.4, -0.2) is 44.1 Å². The lowest BCUT2D eigenvalue weighted by Crippen LogP contribution is -2.43. The van der Waals surface area contributed by atoms with E-state index in [-0.39, 0.29) is 11.9 Å². The summed E-state index contributed by atoms with van der Waals surface area (Å²) in [5.41, 5.74) is 1.61. The summed E-state index contributed by atoms with van der Waals surface area (Å²) in [7, 11) is 3.45. The van der Waals surface area contributed by atoms with Crippen LogP contribution < -0.4 is 14.8 Å². The van der Waals surface area contributed by atoms with Gasteiger partial charge in [-0.25, -0.2) is 0 Å². The maximum Gasteiger partial charge on any atom is 0.253 e. The minimum Gasteiger partial charge on any atom is -0.493 e. The van der Waals surface area contributed by atoms with Crippen molar-refractivity contribution >= 4 is 17.5 Å². The van der Waals surface area contributed by atoms with Crippen molar-refractivity contribution in [2.75, 3.05) is 27.2 Å². The molecule has 1 N–H and O–H groups in total. The fourth-order valence-corrected chi connectivity index (χ4v) is 3.35. The van der Waals surface area contributed by atoms with Crippen LogP contribution in [-0.2, 0) is 6.61 Å². The van der Waals surface area contributed by atoms with Gasteiger partial charge in [-0.2, -0.15) is 0 Å². The van der Waals surface area contributed by atoms with Gasteiger partial charge in [0.15, 0.2) is 11.5 Å². The second-order valence-electron chi connectivity index (χ2n) is 6.68. The molecule has 1 amide bonds. The van der Waals surface area contributed by atoms with Crippen molar-refractivity contribution in [2.45, 2.75) is 25.5 Å². The van der Waals surface area contributed by atoms with Gasteiger partial charge in [0.25, 0.3) is 5.91 Å². The molecule has 2 aromatic rings. The van der Waals surface area contributed by atoms with E-state index in [1.165, 1.54) is 0 Å². The first kappa shape index (κ1) is 19.5. The lowest BCUT2D eigenvalue weighted by atomic mass is 10.0. The molecule has 144 valence electrons. The fraction of sp³-hybridized carbons (Fsp3) is 0.381. The normalized spacial score (nSPS) is 14.6. The Morgan fingerprint density at radius 1 is 1.15 bits per heavy atom. The third-order valence-corrected chi connectivity index (χ3v) is 5.15. The third-order valence-electron chi connectivity index (χ3n) is 4.89. The van der Waals surface area contributed by atoms with Crippen molar-refractivity contribution in [3.05, 3.63) is 58.6 Å². The topological polar surface area (TPSA) is 50.8 Å². The molecule has 0 unspecified atom stereocenters. The highest BCUT2D eigenvalue weighted by Crippen LogP contribution is 2.30. The predicted octanol–water partition coefficient (Wildman–Crippen LogP) is 3.75. The number of carbonyl (C=O) groups excluding carboxylic acids is 1. The average Bonchev–Trinajstić information content (AvgIpc) is 2.72. The van der Waals surface area contributed by atoms with Crippen LogP contribution in [0.1, 0.15) is 28.8 Å². The molecule has 1 aliphatic heterocycles. The van der Waals surface area contributed by atoms with Crippen molar-refractivity contribution in [1.29, 1.82) is 0 Å². The highest BCUT2D eigenvalue weighted by molar-refractivity contribution is 6.30. The molecule has 27 heavy (non-hydrogen) atoms. The number of hydrogen-bond acceptors (Lipinski definition) is 4. The van der Waals surface area contributed by atoms with Crippen molar-refractivity contribution in [3.63, 3.8) is 0 Å². The molecule has 0 saturated carbocycles. The van der Waals surface area contributed by atoms with E-state index in [1.807, 2.05) is 36.2 Å². The SMILES string of the molecule is COc1cc(C(=O)N(C)C2CCNCC2)ccc1OCc1ccc(Cl)cc1. The van der Waals surface area contributed by atoms with Crippen molar-refractivity contribution in [1.82, 2.24) is 10.2 Å². The molecule has 0 aromatic heterocycles. The molecule has 1 fully saturated rings. The second-order valence-corrected chi connectivity index (χ2v) is 7.11. The summed E-state index contributed by atoms with van der Waals surface area (Å²) >= 11 is 5.90. The Morgan fingerprint density at radius 3 is 2.52 bits per heavy atom. The van der Waals surface area contributed by atoms with Crippen LogP contribution in [0.3, 0.4) is 0 Å². The number of carbonyl (C=O) groups is 1. The summed E-state index contributed by atoms with van der Waals surface area (Å²) in [6, 6.07) is 13.1. The van der Waals surface area contributed by atoms with Gasteiger partial charge in [-0.15, -0.1) is 0 Å². The summed E-state index contributed by atoms with van der Waals surface area (Å²) in [6.07, 6.45) is 1.95. The van der Waals surface area contributed by atoms with E-state index in [2.05, 4.69) is 5.32 Å². The van der Waals surface area contributed by atoms with E-state index in [0.717, 1.165) is 31.5 Å². The molecule has 0 atom stereocenters. The molecule has 6 heteroatoms. The zero-order chi connectivity index (χ0) is 19.2. The molecule has 0 radical (unpaired) electrons. The van der Waals surface area contributed by atoms with Crippen molar-refractivity contribution in [2.24, 2.45) is 0 Å². The Labute approximate surface area is 165 Å². The standard InChI is InChI=1S/C21H25ClN2O3/c1-24(18-9-11-23-12-10-18)21(25)16-5-8-19(20(13-16)26-2)27-14-15-3-6-17(22)7-4-15/h3-8,13,18,23H,9-12,14H2,1-2H3. The van der Waals surface area contributed by atoms with Crippen molar-refractivity contribution in [3.8, 4) is 11.5 Å². The number of nitrogens with one attached hydrogen (secondary N) is 1. The Balaban J connectivity index is 1.69. The van der Waals surface area contributed by atoms with Gasteiger partial charge in [-0.3, -0.25) is 4.79 Å². The average molecular weight is 389 g/mol.